The van der Waals surface area contributed by atoms with Crippen molar-refractivity contribution in [3.8, 4) is 0 Å². The van der Waals surface area contributed by atoms with Gasteiger partial charge in [0.2, 0.25) is 11.2 Å². The van der Waals surface area contributed by atoms with Gasteiger partial charge in [0.15, 0.2) is 16.6 Å². The lowest BCUT2D eigenvalue weighted by Gasteiger charge is -1.93. The average Bonchev–Trinajstić information content (AvgIpc) is 2.08. The van der Waals surface area contributed by atoms with Crippen LogP contribution in [0.25, 0.3) is 4.98 Å². The summed E-state index contributed by atoms with van der Waals surface area (Å²) in [6, 6.07) is 0.399. The third kappa shape index (κ3) is 1.21. The molecule has 0 aromatic heterocycles. The van der Waals surface area contributed by atoms with E-state index in [1.54, 1.807) is 0 Å². The van der Waals surface area contributed by atoms with E-state index in [2.05, 4.69) is 4.98 Å². The van der Waals surface area contributed by atoms with Crippen LogP contribution in [0.2, 0.25) is 5.02 Å². The Kier molecular flexibility index (Phi) is 2.20. The van der Waals surface area contributed by atoms with E-state index in [-0.39, 0.29) is 0 Å². The topological polar surface area (TPSA) is 28.1 Å². The summed E-state index contributed by atoms with van der Waals surface area (Å²) < 4.78 is 37.5. The van der Waals surface area contributed by atoms with Crippen molar-refractivity contribution in [1.29, 1.82) is 5.39 Å². The van der Waals surface area contributed by atoms with Gasteiger partial charge in [0.05, 0.1) is 6.07 Å². The van der Waals surface area contributed by atoms with Crippen LogP contribution in [0.1, 0.15) is 0 Å². The lowest BCUT2D eigenvalue weighted by atomic mass is 10.3. The molecule has 0 amide bonds. The van der Waals surface area contributed by atoms with Crippen LogP contribution in [-0.2, 0) is 0 Å². The molecule has 1 aromatic carbocycles. The van der Waals surface area contributed by atoms with E-state index in [1.807, 2.05) is 0 Å². The highest BCUT2D eigenvalue weighted by Gasteiger charge is 2.24. The largest absolute Gasteiger partial charge is 0.424 e. The molecule has 0 aliphatic heterocycles. The zero-order valence-corrected chi connectivity index (χ0v) is 6.24. The Morgan fingerprint density at radius 2 is 1.83 bits per heavy atom. The lowest BCUT2D eigenvalue weighted by Crippen LogP contribution is -1.89. The molecule has 0 saturated carbocycles. The molecule has 2 nitrogen and oxygen atoms in total. The summed E-state index contributed by atoms with van der Waals surface area (Å²) in [5.74, 6) is -4.16. The molecule has 12 heavy (non-hydrogen) atoms. The fraction of sp³-hybridized carbons (Fsp3) is 0. The second-order valence-corrected chi connectivity index (χ2v) is 2.30. The number of diazo groups is 1. The Hall–Kier alpha value is -1.28. The molecule has 0 saturated heterocycles. The van der Waals surface area contributed by atoms with Gasteiger partial charge in [-0.25, -0.2) is 8.78 Å². The molecule has 0 aliphatic rings. The number of benzene rings is 1. The van der Waals surface area contributed by atoms with Gasteiger partial charge < -0.3 is 0 Å². The first-order valence-electron chi connectivity index (χ1n) is 2.76. The number of halogens is 4. The summed E-state index contributed by atoms with van der Waals surface area (Å²) in [5.41, 5.74) is -0.737. The monoisotopic (exact) mass is 193 g/mol. The van der Waals surface area contributed by atoms with Crippen LogP contribution in [0.15, 0.2) is 6.07 Å². The van der Waals surface area contributed by atoms with Crippen molar-refractivity contribution in [1.82, 2.24) is 0 Å². The van der Waals surface area contributed by atoms with Gasteiger partial charge in [-0.05, 0) is 0 Å². The fourth-order valence-electron chi connectivity index (χ4n) is 0.633. The molecular formula is C6HClF3N2+. The van der Waals surface area contributed by atoms with Crippen LogP contribution in [0, 0.1) is 22.8 Å². The van der Waals surface area contributed by atoms with Crippen LogP contribution in [-0.4, -0.2) is 0 Å². The molecule has 0 bridgehead atoms. The molecule has 0 unspecified atom stereocenters. The Morgan fingerprint density at radius 3 is 2.33 bits per heavy atom. The summed E-state index contributed by atoms with van der Waals surface area (Å²) in [5, 5.41) is 7.07. The maximum absolute atomic E-state index is 12.7. The van der Waals surface area contributed by atoms with Crippen molar-refractivity contribution in [2.75, 3.05) is 0 Å². The van der Waals surface area contributed by atoms with Crippen molar-refractivity contribution in [3.63, 3.8) is 0 Å². The maximum Gasteiger partial charge on any atom is 0.424 e. The van der Waals surface area contributed by atoms with Crippen LogP contribution >= 0.6 is 11.6 Å². The Bertz CT molecular complexity index is 372. The van der Waals surface area contributed by atoms with Gasteiger partial charge in [0.1, 0.15) is 5.02 Å². The zero-order chi connectivity index (χ0) is 9.30. The van der Waals surface area contributed by atoms with E-state index in [0.717, 1.165) is 0 Å². The summed E-state index contributed by atoms with van der Waals surface area (Å²) in [6.07, 6.45) is 0. The molecule has 0 aliphatic carbocycles. The third-order valence-electron chi connectivity index (χ3n) is 1.19. The Balaban J connectivity index is 3.52. The van der Waals surface area contributed by atoms with E-state index in [0.29, 0.717) is 6.07 Å². The Morgan fingerprint density at radius 1 is 1.25 bits per heavy atom. The normalized spacial score (nSPS) is 9.58. The van der Waals surface area contributed by atoms with Crippen LogP contribution in [0.5, 0.6) is 0 Å². The Labute approximate surface area is 70.2 Å². The first-order chi connectivity index (χ1) is 5.57. The highest BCUT2D eigenvalue weighted by molar-refractivity contribution is 6.31. The van der Waals surface area contributed by atoms with Crippen LogP contribution < -0.4 is 0 Å². The molecular weight excluding hydrogens is 193 g/mol. The predicted octanol–water partition coefficient (Wildman–Crippen LogP) is 3.24. The molecule has 0 fully saturated rings. The summed E-state index contributed by atoms with van der Waals surface area (Å²) in [6.45, 7) is 0. The molecule has 6 heteroatoms. The summed E-state index contributed by atoms with van der Waals surface area (Å²) >= 11 is 5.01. The zero-order valence-electron chi connectivity index (χ0n) is 5.48. The quantitative estimate of drug-likeness (QED) is 0.353. The first kappa shape index (κ1) is 8.81. The predicted molar refractivity (Wildman–Crippen MR) is 36.1 cm³/mol. The standard InChI is InChI=1S/C6HClF3N2/c7-4-5(9)2(8)1-3(12-11)6(4)10/h1H/q+1. The minimum Gasteiger partial charge on any atom is -0.203 e. The van der Waals surface area contributed by atoms with Crippen molar-refractivity contribution in [2.24, 2.45) is 0 Å². The van der Waals surface area contributed by atoms with Crippen molar-refractivity contribution in [3.05, 3.63) is 33.5 Å². The van der Waals surface area contributed by atoms with Crippen molar-refractivity contribution < 1.29 is 13.2 Å². The smallest absolute Gasteiger partial charge is 0.203 e. The molecule has 62 valence electrons. The highest BCUT2D eigenvalue weighted by atomic mass is 35.5. The van der Waals surface area contributed by atoms with Crippen LogP contribution in [0.3, 0.4) is 0 Å². The van der Waals surface area contributed by atoms with Gasteiger partial charge >= 0.3 is 5.69 Å². The third-order valence-corrected chi connectivity index (χ3v) is 1.52. The van der Waals surface area contributed by atoms with E-state index in [1.165, 1.54) is 0 Å². The molecule has 0 heterocycles. The molecule has 0 N–H and O–H groups in total. The first-order valence-corrected chi connectivity index (χ1v) is 3.13. The van der Waals surface area contributed by atoms with E-state index in [4.69, 9.17) is 17.0 Å². The van der Waals surface area contributed by atoms with Gasteiger partial charge in [-0.1, -0.05) is 11.6 Å². The number of hydrogen-bond acceptors (Lipinski definition) is 1. The van der Waals surface area contributed by atoms with Gasteiger partial charge in [0, 0.05) is 0 Å². The number of rotatable bonds is 0. The maximum atomic E-state index is 12.7. The highest BCUT2D eigenvalue weighted by Crippen LogP contribution is 2.29. The lowest BCUT2D eigenvalue weighted by molar-refractivity contribution is 0.497. The molecule has 0 radical (unpaired) electrons. The fourth-order valence-corrected chi connectivity index (χ4v) is 0.820. The van der Waals surface area contributed by atoms with Crippen LogP contribution in [0.4, 0.5) is 18.9 Å². The van der Waals surface area contributed by atoms with Gasteiger partial charge in [-0.2, -0.15) is 4.39 Å². The SMILES string of the molecule is N#[N+]c1cc(F)c(F)c(Cl)c1F. The number of hydrogen-bond donors (Lipinski definition) is 0. The van der Waals surface area contributed by atoms with Gasteiger partial charge in [0.25, 0.3) is 0 Å². The van der Waals surface area contributed by atoms with Gasteiger partial charge in [-0.3, -0.25) is 0 Å². The second kappa shape index (κ2) is 2.99. The van der Waals surface area contributed by atoms with E-state index < -0.39 is 28.2 Å². The van der Waals surface area contributed by atoms with E-state index >= 15 is 0 Å². The molecule has 0 spiro atoms. The van der Waals surface area contributed by atoms with Gasteiger partial charge in [-0.15, -0.1) is 0 Å². The minimum absolute atomic E-state index is 0.399. The summed E-state index contributed by atoms with van der Waals surface area (Å²) in [7, 11) is 0. The van der Waals surface area contributed by atoms with Crippen molar-refractivity contribution >= 4 is 17.3 Å². The molecule has 1 rings (SSSR count). The summed E-state index contributed by atoms with van der Waals surface area (Å²) in [4.78, 5) is 2.37. The van der Waals surface area contributed by atoms with Crippen molar-refractivity contribution in [2.45, 2.75) is 0 Å². The number of nitrogens with zero attached hydrogens (tertiary/aromatic N) is 2. The minimum atomic E-state index is -1.50. The average molecular weight is 194 g/mol. The second-order valence-electron chi connectivity index (χ2n) is 1.92. The molecule has 1 aromatic rings. The molecule has 0 atom stereocenters. The van der Waals surface area contributed by atoms with E-state index in [9.17, 15) is 13.2 Å².